The lowest BCUT2D eigenvalue weighted by Crippen LogP contribution is -2.54. The zero-order valence-electron chi connectivity index (χ0n) is 15.0. The van der Waals surface area contributed by atoms with Crippen LogP contribution in [0.15, 0.2) is 30.6 Å². The van der Waals surface area contributed by atoms with Gasteiger partial charge in [-0.2, -0.15) is 0 Å². The highest BCUT2D eigenvalue weighted by Crippen LogP contribution is 2.30. The number of ether oxygens (including phenoxy) is 1. The first kappa shape index (κ1) is 17.8. The smallest absolute Gasteiger partial charge is 0.262 e. The maximum absolute atomic E-state index is 12.8. The highest BCUT2D eigenvalue weighted by atomic mass is 16.5. The molecule has 1 atom stereocenters. The first-order valence-electron chi connectivity index (χ1n) is 8.70. The van der Waals surface area contributed by atoms with Gasteiger partial charge in [0.15, 0.2) is 0 Å². The topological polar surface area (TPSA) is 119 Å². The van der Waals surface area contributed by atoms with E-state index < -0.39 is 29.7 Å². The molecule has 0 spiro atoms. The number of benzene rings is 1. The summed E-state index contributed by atoms with van der Waals surface area (Å²) in [5, 5.41) is 2.17. The van der Waals surface area contributed by atoms with Crippen molar-refractivity contribution >= 4 is 23.6 Å². The van der Waals surface area contributed by atoms with Gasteiger partial charge in [0.1, 0.15) is 18.4 Å². The second-order valence-corrected chi connectivity index (χ2v) is 6.53. The van der Waals surface area contributed by atoms with Crippen LogP contribution in [0.5, 0.6) is 5.75 Å². The van der Waals surface area contributed by atoms with E-state index in [4.69, 9.17) is 4.74 Å². The quantitative estimate of drug-likeness (QED) is 0.778. The Kier molecular flexibility index (Phi) is 4.34. The highest BCUT2D eigenvalue weighted by molar-refractivity contribution is 6.23. The molecule has 1 aromatic heterocycles. The van der Waals surface area contributed by atoms with Gasteiger partial charge >= 0.3 is 0 Å². The Morgan fingerprint density at radius 1 is 1.11 bits per heavy atom. The zero-order chi connectivity index (χ0) is 19.8. The minimum Gasteiger partial charge on any atom is -0.487 e. The molecular weight excluding hydrogens is 364 g/mol. The van der Waals surface area contributed by atoms with Crippen molar-refractivity contribution in [3.05, 3.63) is 53.1 Å². The lowest BCUT2D eigenvalue weighted by Gasteiger charge is -2.27. The third-order valence-corrected chi connectivity index (χ3v) is 4.77. The molecule has 1 N–H and O–H groups in total. The van der Waals surface area contributed by atoms with Gasteiger partial charge in [-0.3, -0.25) is 39.4 Å². The lowest BCUT2D eigenvalue weighted by atomic mass is 10.0. The maximum Gasteiger partial charge on any atom is 0.262 e. The van der Waals surface area contributed by atoms with Crippen LogP contribution in [0.4, 0.5) is 0 Å². The summed E-state index contributed by atoms with van der Waals surface area (Å²) < 4.78 is 5.69. The molecule has 1 fully saturated rings. The predicted octanol–water partition coefficient (Wildman–Crippen LogP) is 0.765. The number of rotatable bonds is 4. The third-order valence-electron chi connectivity index (χ3n) is 4.77. The van der Waals surface area contributed by atoms with Crippen LogP contribution >= 0.6 is 0 Å². The van der Waals surface area contributed by atoms with E-state index in [0.29, 0.717) is 11.4 Å². The van der Waals surface area contributed by atoms with Crippen LogP contribution in [0.25, 0.3) is 0 Å². The number of carbonyl (C=O) groups is 4. The number of hydrogen-bond acceptors (Lipinski definition) is 7. The molecule has 28 heavy (non-hydrogen) atoms. The molecule has 2 aliphatic rings. The number of carbonyl (C=O) groups excluding carboxylic acids is 4. The van der Waals surface area contributed by atoms with E-state index in [9.17, 15) is 19.2 Å². The molecule has 142 valence electrons. The Balaban J connectivity index is 1.55. The number of fused-ring (bicyclic) bond motifs is 1. The van der Waals surface area contributed by atoms with E-state index in [-0.39, 0.29) is 30.6 Å². The van der Waals surface area contributed by atoms with Crippen molar-refractivity contribution in [2.45, 2.75) is 32.4 Å². The number of aryl methyl sites for hydroxylation is 1. The summed E-state index contributed by atoms with van der Waals surface area (Å²) in [7, 11) is 0. The third kappa shape index (κ3) is 3.00. The summed E-state index contributed by atoms with van der Waals surface area (Å²) in [6.07, 6.45) is 3.34. The molecule has 2 aromatic rings. The van der Waals surface area contributed by atoms with Crippen LogP contribution in [0.3, 0.4) is 0 Å². The van der Waals surface area contributed by atoms with E-state index in [1.54, 1.807) is 18.5 Å². The van der Waals surface area contributed by atoms with Crippen LogP contribution in [-0.2, 0) is 16.2 Å². The van der Waals surface area contributed by atoms with Crippen LogP contribution < -0.4 is 10.1 Å². The number of hydrogen-bond donors (Lipinski definition) is 1. The molecule has 3 heterocycles. The second-order valence-electron chi connectivity index (χ2n) is 6.53. The lowest BCUT2D eigenvalue weighted by molar-refractivity contribution is -0.136. The number of amides is 4. The minimum atomic E-state index is -0.989. The van der Waals surface area contributed by atoms with Crippen molar-refractivity contribution in [2.75, 3.05) is 0 Å². The zero-order valence-corrected chi connectivity index (χ0v) is 15.0. The molecule has 4 amide bonds. The highest BCUT2D eigenvalue weighted by Gasteiger charge is 2.44. The van der Waals surface area contributed by atoms with Crippen molar-refractivity contribution in [1.29, 1.82) is 0 Å². The van der Waals surface area contributed by atoms with Gasteiger partial charge in [0.05, 0.1) is 22.5 Å². The Labute approximate surface area is 159 Å². The maximum atomic E-state index is 12.8. The fraction of sp³-hybridized carbons (Fsp3) is 0.263. The molecule has 0 aliphatic carbocycles. The molecule has 1 saturated heterocycles. The molecule has 9 heteroatoms. The van der Waals surface area contributed by atoms with Gasteiger partial charge in [0, 0.05) is 18.8 Å². The van der Waals surface area contributed by atoms with Gasteiger partial charge < -0.3 is 4.74 Å². The molecule has 1 aromatic carbocycles. The fourth-order valence-electron chi connectivity index (χ4n) is 3.27. The van der Waals surface area contributed by atoms with E-state index in [1.807, 2.05) is 6.92 Å². The Bertz CT molecular complexity index is 1020. The van der Waals surface area contributed by atoms with Gasteiger partial charge in [-0.25, -0.2) is 0 Å². The molecule has 9 nitrogen and oxygen atoms in total. The average molecular weight is 380 g/mol. The average Bonchev–Trinajstić information content (AvgIpc) is 2.92. The first-order valence-corrected chi connectivity index (χ1v) is 8.70. The van der Waals surface area contributed by atoms with Crippen molar-refractivity contribution < 1.29 is 23.9 Å². The van der Waals surface area contributed by atoms with Crippen molar-refractivity contribution in [2.24, 2.45) is 0 Å². The molecule has 1 unspecified atom stereocenters. The molecule has 4 rings (SSSR count). The number of piperidine rings is 1. The van der Waals surface area contributed by atoms with E-state index in [0.717, 1.165) is 10.6 Å². The van der Waals surface area contributed by atoms with E-state index in [2.05, 4.69) is 15.3 Å². The van der Waals surface area contributed by atoms with Crippen molar-refractivity contribution in [1.82, 2.24) is 20.2 Å². The van der Waals surface area contributed by atoms with Gasteiger partial charge in [-0.05, 0) is 31.5 Å². The fourth-order valence-corrected chi connectivity index (χ4v) is 3.27. The Morgan fingerprint density at radius 2 is 1.86 bits per heavy atom. The van der Waals surface area contributed by atoms with Gasteiger partial charge in [0.25, 0.3) is 11.8 Å². The summed E-state index contributed by atoms with van der Waals surface area (Å²) in [5.41, 5.74) is 1.77. The van der Waals surface area contributed by atoms with E-state index >= 15 is 0 Å². The predicted molar refractivity (Wildman–Crippen MR) is 94.2 cm³/mol. The number of nitrogens with one attached hydrogen (secondary N) is 1. The minimum absolute atomic E-state index is 0.0790. The normalized spacial score (nSPS) is 18.9. The van der Waals surface area contributed by atoms with Crippen LogP contribution in [-0.4, -0.2) is 44.5 Å². The van der Waals surface area contributed by atoms with Crippen LogP contribution in [0.2, 0.25) is 0 Å². The van der Waals surface area contributed by atoms with Gasteiger partial charge in [-0.15, -0.1) is 0 Å². The van der Waals surface area contributed by atoms with Crippen molar-refractivity contribution in [3.63, 3.8) is 0 Å². The molecule has 2 aliphatic heterocycles. The Morgan fingerprint density at radius 3 is 2.61 bits per heavy atom. The van der Waals surface area contributed by atoms with Gasteiger partial charge in [0.2, 0.25) is 11.8 Å². The molecular formula is C19H16N4O5. The van der Waals surface area contributed by atoms with Crippen molar-refractivity contribution in [3.8, 4) is 5.75 Å². The molecule has 0 radical (unpaired) electrons. The van der Waals surface area contributed by atoms with E-state index in [1.165, 1.54) is 12.1 Å². The largest absolute Gasteiger partial charge is 0.487 e. The summed E-state index contributed by atoms with van der Waals surface area (Å²) >= 11 is 0. The SMILES string of the molecule is Cc1nccnc1COc1ccc2c(c1)C(=O)N(C1CCC(=O)NC1=O)C2=O. The standard InChI is InChI=1S/C19H16N4O5/c1-10-14(21-7-6-20-10)9-28-11-2-3-12-13(8-11)19(27)23(18(12)26)15-4-5-16(24)22-17(15)25/h2-3,6-8,15H,4-5,9H2,1H3,(H,22,24,25). The van der Waals surface area contributed by atoms with Crippen LogP contribution in [0.1, 0.15) is 44.9 Å². The summed E-state index contributed by atoms with van der Waals surface area (Å²) in [6.45, 7) is 1.98. The summed E-state index contributed by atoms with van der Waals surface area (Å²) in [5.74, 6) is -1.77. The second kappa shape index (κ2) is 6.84. The number of imide groups is 2. The first-order chi connectivity index (χ1) is 13.5. The monoisotopic (exact) mass is 380 g/mol. The Hall–Kier alpha value is -3.62. The molecule has 0 bridgehead atoms. The van der Waals surface area contributed by atoms with Crippen LogP contribution in [0, 0.1) is 6.92 Å². The molecule has 0 saturated carbocycles. The number of aromatic nitrogens is 2. The summed E-state index contributed by atoms with van der Waals surface area (Å²) in [4.78, 5) is 58.1. The number of nitrogens with zero attached hydrogens (tertiary/aromatic N) is 3. The summed E-state index contributed by atoms with van der Waals surface area (Å²) in [6, 6.07) is 3.58. The van der Waals surface area contributed by atoms with Gasteiger partial charge in [-0.1, -0.05) is 0 Å².